The fraction of sp³-hybridized carbons (Fsp3) is 0.238. The minimum absolute atomic E-state index is 0.189. The minimum atomic E-state index is -1.28. The van der Waals surface area contributed by atoms with Crippen LogP contribution in [0.5, 0.6) is 11.5 Å². The van der Waals surface area contributed by atoms with Crippen molar-refractivity contribution in [2.45, 2.75) is 26.2 Å². The Morgan fingerprint density at radius 3 is 2.36 bits per heavy atom. The van der Waals surface area contributed by atoms with E-state index in [0.717, 1.165) is 5.56 Å². The smallest absolute Gasteiger partial charge is 0.348 e. The Labute approximate surface area is 167 Å². The molecule has 1 aliphatic rings. The molecule has 1 fully saturated rings. The zero-order valence-electron chi connectivity index (χ0n) is 15.7. The number of carbonyl (C=O) groups is 2. The van der Waals surface area contributed by atoms with Crippen LogP contribution >= 0.6 is 11.6 Å². The Kier molecular flexibility index (Phi) is 5.61. The third-order valence-electron chi connectivity index (χ3n) is 3.96. The van der Waals surface area contributed by atoms with Crippen LogP contribution in [-0.2, 0) is 25.7 Å². The topological polar surface area (TPSA) is 71.1 Å². The Balaban J connectivity index is 1.80. The first-order chi connectivity index (χ1) is 13.3. The molecule has 0 aliphatic carbocycles. The van der Waals surface area contributed by atoms with Gasteiger partial charge in [-0.2, -0.15) is 0 Å². The SMILES string of the molecule is COc1cc(C=C2C(=O)OC(C)(C)OC2=O)ccc1OCc1ccccc1Cl. The number of cyclic esters (lactones) is 2. The molecule has 2 aromatic rings. The lowest BCUT2D eigenvalue weighted by Crippen LogP contribution is -2.41. The second-order valence-corrected chi connectivity index (χ2v) is 6.93. The standard InChI is InChI=1S/C21H19ClO6/c1-21(2)27-19(23)15(20(24)28-21)10-13-8-9-17(18(11-13)25-3)26-12-14-6-4-5-7-16(14)22/h4-11H,12H2,1-3H3. The van der Waals surface area contributed by atoms with Gasteiger partial charge >= 0.3 is 11.9 Å². The van der Waals surface area contributed by atoms with Gasteiger partial charge in [-0.15, -0.1) is 0 Å². The number of hydrogen-bond acceptors (Lipinski definition) is 6. The number of benzene rings is 2. The van der Waals surface area contributed by atoms with Crippen LogP contribution in [0.3, 0.4) is 0 Å². The molecule has 1 aliphatic heterocycles. The molecule has 0 radical (unpaired) electrons. The molecule has 7 heteroatoms. The summed E-state index contributed by atoms with van der Waals surface area (Å²) in [5.74, 6) is -1.81. The normalized spacial score (nSPS) is 15.5. The Hall–Kier alpha value is -2.99. The highest BCUT2D eigenvalue weighted by molar-refractivity contribution is 6.31. The van der Waals surface area contributed by atoms with Crippen LogP contribution in [0.1, 0.15) is 25.0 Å². The summed E-state index contributed by atoms with van der Waals surface area (Å²) in [4.78, 5) is 24.2. The zero-order valence-corrected chi connectivity index (χ0v) is 16.4. The number of halogens is 1. The van der Waals surface area contributed by atoms with Crippen LogP contribution in [0.25, 0.3) is 6.08 Å². The molecule has 6 nitrogen and oxygen atoms in total. The van der Waals surface area contributed by atoms with E-state index in [1.165, 1.54) is 27.0 Å². The quantitative estimate of drug-likeness (QED) is 0.425. The summed E-state index contributed by atoms with van der Waals surface area (Å²) in [6, 6.07) is 12.4. The van der Waals surface area contributed by atoms with Gasteiger partial charge in [0.05, 0.1) is 7.11 Å². The molecule has 3 rings (SSSR count). The second-order valence-electron chi connectivity index (χ2n) is 6.53. The molecule has 0 spiro atoms. The molecule has 1 saturated heterocycles. The summed E-state index contributed by atoms with van der Waals surface area (Å²) >= 11 is 6.14. The van der Waals surface area contributed by atoms with Crippen molar-refractivity contribution >= 4 is 29.6 Å². The predicted octanol–water partition coefficient (Wildman–Crippen LogP) is 4.15. The summed E-state index contributed by atoms with van der Waals surface area (Å²) in [5, 5.41) is 0.611. The van der Waals surface area contributed by atoms with E-state index in [1.807, 2.05) is 18.2 Å². The fourth-order valence-electron chi connectivity index (χ4n) is 2.61. The molecule has 1 heterocycles. The average molecular weight is 403 g/mol. The van der Waals surface area contributed by atoms with Crippen LogP contribution in [0.4, 0.5) is 0 Å². The monoisotopic (exact) mass is 402 g/mol. The molecule has 28 heavy (non-hydrogen) atoms. The first-order valence-corrected chi connectivity index (χ1v) is 8.89. The van der Waals surface area contributed by atoms with Crippen LogP contribution in [0, 0.1) is 0 Å². The molecule has 2 aromatic carbocycles. The van der Waals surface area contributed by atoms with E-state index in [-0.39, 0.29) is 12.2 Å². The van der Waals surface area contributed by atoms with Crippen molar-refractivity contribution in [1.29, 1.82) is 0 Å². The van der Waals surface area contributed by atoms with Crippen LogP contribution in [0.2, 0.25) is 5.02 Å². The van der Waals surface area contributed by atoms with E-state index in [2.05, 4.69) is 0 Å². The van der Waals surface area contributed by atoms with Crippen molar-refractivity contribution in [3.05, 3.63) is 64.2 Å². The van der Waals surface area contributed by atoms with Gasteiger partial charge in [0.15, 0.2) is 11.5 Å². The highest BCUT2D eigenvalue weighted by atomic mass is 35.5. The minimum Gasteiger partial charge on any atom is -0.493 e. The Morgan fingerprint density at radius 1 is 1.04 bits per heavy atom. The van der Waals surface area contributed by atoms with E-state index in [0.29, 0.717) is 22.1 Å². The maximum Gasteiger partial charge on any atom is 0.348 e. The maximum atomic E-state index is 12.1. The maximum absolute atomic E-state index is 12.1. The Morgan fingerprint density at radius 2 is 1.71 bits per heavy atom. The number of esters is 2. The number of methoxy groups -OCH3 is 1. The van der Waals surface area contributed by atoms with Gasteiger partial charge in [0.1, 0.15) is 12.2 Å². The van der Waals surface area contributed by atoms with Crippen LogP contribution in [0.15, 0.2) is 48.0 Å². The second kappa shape index (κ2) is 7.94. The molecule has 0 saturated carbocycles. The summed E-state index contributed by atoms with van der Waals surface area (Å²) in [6.45, 7) is 3.26. The van der Waals surface area contributed by atoms with Crippen molar-refractivity contribution in [2.24, 2.45) is 0 Å². The zero-order chi connectivity index (χ0) is 20.3. The molecule has 0 bridgehead atoms. The summed E-state index contributed by atoms with van der Waals surface area (Å²) in [6.07, 6.45) is 1.39. The summed E-state index contributed by atoms with van der Waals surface area (Å²) in [7, 11) is 1.50. The van der Waals surface area contributed by atoms with Gasteiger partial charge in [0.2, 0.25) is 0 Å². The van der Waals surface area contributed by atoms with Gasteiger partial charge in [-0.3, -0.25) is 0 Å². The molecular weight excluding hydrogens is 384 g/mol. The highest BCUT2D eigenvalue weighted by Crippen LogP contribution is 2.31. The van der Waals surface area contributed by atoms with Gasteiger partial charge in [-0.1, -0.05) is 35.9 Å². The number of hydrogen-bond donors (Lipinski definition) is 0. The van der Waals surface area contributed by atoms with Gasteiger partial charge in [0.25, 0.3) is 5.79 Å². The van der Waals surface area contributed by atoms with Crippen molar-refractivity contribution < 1.29 is 28.5 Å². The molecule has 0 amide bonds. The lowest BCUT2D eigenvalue weighted by atomic mass is 10.1. The lowest BCUT2D eigenvalue weighted by Gasteiger charge is -2.29. The number of ether oxygens (including phenoxy) is 4. The summed E-state index contributed by atoms with van der Waals surface area (Å²) in [5.41, 5.74) is 1.21. The number of carbonyl (C=O) groups excluding carboxylic acids is 2. The van der Waals surface area contributed by atoms with Crippen molar-refractivity contribution in [2.75, 3.05) is 7.11 Å². The number of rotatable bonds is 5. The first-order valence-electron chi connectivity index (χ1n) is 8.52. The molecule has 0 aromatic heterocycles. The highest BCUT2D eigenvalue weighted by Gasteiger charge is 2.38. The van der Waals surface area contributed by atoms with Crippen molar-refractivity contribution in [3.63, 3.8) is 0 Å². The molecule has 0 unspecified atom stereocenters. The van der Waals surface area contributed by atoms with E-state index in [9.17, 15) is 9.59 Å². The third-order valence-corrected chi connectivity index (χ3v) is 4.33. The Bertz CT molecular complexity index is 926. The van der Waals surface area contributed by atoms with Crippen molar-refractivity contribution in [1.82, 2.24) is 0 Å². The van der Waals surface area contributed by atoms with Gasteiger partial charge < -0.3 is 18.9 Å². The molecule has 146 valence electrons. The summed E-state index contributed by atoms with van der Waals surface area (Å²) < 4.78 is 21.3. The molecular formula is C21H19ClO6. The predicted molar refractivity (Wildman–Crippen MR) is 103 cm³/mol. The van der Waals surface area contributed by atoms with E-state index in [1.54, 1.807) is 24.3 Å². The van der Waals surface area contributed by atoms with Gasteiger partial charge in [-0.25, -0.2) is 9.59 Å². The third kappa shape index (κ3) is 4.46. The van der Waals surface area contributed by atoms with Crippen molar-refractivity contribution in [3.8, 4) is 11.5 Å². The lowest BCUT2D eigenvalue weighted by molar-refractivity contribution is -0.222. The van der Waals surface area contributed by atoms with Crippen LogP contribution < -0.4 is 9.47 Å². The van der Waals surface area contributed by atoms with E-state index < -0.39 is 17.7 Å². The van der Waals surface area contributed by atoms with Crippen LogP contribution in [-0.4, -0.2) is 24.8 Å². The molecule has 0 atom stereocenters. The molecule has 0 N–H and O–H groups in total. The fourth-order valence-corrected chi connectivity index (χ4v) is 2.80. The van der Waals surface area contributed by atoms with Gasteiger partial charge in [0, 0.05) is 24.4 Å². The van der Waals surface area contributed by atoms with E-state index in [4.69, 9.17) is 30.5 Å². The average Bonchev–Trinajstić information content (AvgIpc) is 2.63. The van der Waals surface area contributed by atoms with Gasteiger partial charge in [-0.05, 0) is 29.8 Å². The first kappa shape index (κ1) is 19.8. The largest absolute Gasteiger partial charge is 0.493 e. The van der Waals surface area contributed by atoms with E-state index >= 15 is 0 Å².